The van der Waals surface area contributed by atoms with Crippen molar-refractivity contribution < 1.29 is 52.6 Å². The maximum Gasteiger partial charge on any atom is 0.408 e. The predicted molar refractivity (Wildman–Crippen MR) is 239 cm³/mol. The van der Waals surface area contributed by atoms with Gasteiger partial charge in [-0.2, -0.15) is 17.0 Å². The Kier molecular flexibility index (Phi) is 12.2. The zero-order valence-corrected chi connectivity index (χ0v) is 37.8. The molecule has 0 aromatic heterocycles. The standard InChI is InChI=1S/C49H52N4O11S/c1-7-16-60-48(56)51-34(23-65-22-33-31-14-10-8-12-29(31)30-13-9-11-15-32(30)33)47(55)61-21-38-40-45-43(63-25-64-45)27(3)46(54)49(40,57)19-36-41-39-28(18-35(52(41)4)37(20-50)53(36)38)17-26(2)42(59-6)44(39)62-24-58-5/h7-15,17,33-38,41,57H,1,16,18-19,21-25H2,2-6H3,(H,51,56)/t34-,35-,36?,37+,38+,41-,49?/m1/s1. The number of likely N-dealkylation sites (N-methyl/N-ethyl adjacent to an activating group) is 1. The van der Waals surface area contributed by atoms with Crippen molar-refractivity contribution >= 4 is 29.6 Å². The number of thioether (sulfide) groups is 1. The molecule has 15 nitrogen and oxygen atoms in total. The Morgan fingerprint density at radius 3 is 2.45 bits per heavy atom. The fraction of sp³-hybridized carbons (Fsp3) is 0.429. The molecular weight excluding hydrogens is 853 g/mol. The summed E-state index contributed by atoms with van der Waals surface area (Å²) in [5.41, 5.74) is 5.51. The molecule has 3 fully saturated rings. The molecule has 0 spiro atoms. The summed E-state index contributed by atoms with van der Waals surface area (Å²) in [6.45, 7) is 6.39. The first-order chi connectivity index (χ1) is 31.5. The van der Waals surface area contributed by atoms with Crippen LogP contribution in [0.25, 0.3) is 11.1 Å². The van der Waals surface area contributed by atoms with Crippen LogP contribution in [0.1, 0.15) is 53.1 Å². The van der Waals surface area contributed by atoms with Gasteiger partial charge in [-0.1, -0.05) is 67.3 Å². The van der Waals surface area contributed by atoms with Crippen LogP contribution in [-0.4, -0.2) is 128 Å². The molecule has 0 radical (unpaired) electrons. The van der Waals surface area contributed by atoms with Gasteiger partial charge in [-0.25, -0.2) is 9.59 Å². The van der Waals surface area contributed by atoms with Gasteiger partial charge in [0.2, 0.25) is 6.79 Å². The van der Waals surface area contributed by atoms with Crippen molar-refractivity contribution in [3.63, 3.8) is 0 Å². The number of hydrogen-bond donors (Lipinski definition) is 2. The lowest BCUT2D eigenvalue weighted by atomic mass is 9.65. The number of methoxy groups -OCH3 is 2. The highest BCUT2D eigenvalue weighted by atomic mass is 32.2. The number of nitrogens with zero attached hydrogens (tertiary/aromatic N) is 3. The third kappa shape index (κ3) is 7.34. The topological polar surface area (TPSA) is 178 Å². The first-order valence-corrected chi connectivity index (χ1v) is 22.8. The fourth-order valence-electron chi connectivity index (χ4n) is 11.0. The number of amides is 1. The summed E-state index contributed by atoms with van der Waals surface area (Å²) in [5.74, 6) is 0.825. The van der Waals surface area contributed by atoms with E-state index in [1.807, 2.05) is 49.2 Å². The molecule has 2 unspecified atom stereocenters. The second kappa shape index (κ2) is 17.9. The summed E-state index contributed by atoms with van der Waals surface area (Å²) in [5, 5.41) is 26.8. The van der Waals surface area contributed by atoms with Gasteiger partial charge in [0.05, 0.1) is 25.3 Å². The highest BCUT2D eigenvalue weighted by molar-refractivity contribution is 7.99. The normalized spacial score (nSPS) is 25.6. The number of aliphatic hydroxyl groups is 1. The monoisotopic (exact) mass is 904 g/mol. The molecule has 4 heterocycles. The molecule has 2 N–H and O–H groups in total. The van der Waals surface area contributed by atoms with E-state index in [1.165, 1.54) is 47.2 Å². The van der Waals surface area contributed by atoms with Crippen LogP contribution >= 0.6 is 11.8 Å². The lowest BCUT2D eigenvalue weighted by Gasteiger charge is -2.62. The molecule has 0 saturated carbocycles. The third-order valence-corrected chi connectivity index (χ3v) is 14.8. The lowest BCUT2D eigenvalue weighted by Crippen LogP contribution is -2.74. The van der Waals surface area contributed by atoms with E-state index < -0.39 is 60.3 Å². The number of piperidine rings is 1. The Morgan fingerprint density at radius 2 is 1.77 bits per heavy atom. The molecule has 3 saturated heterocycles. The number of carbonyl (C=O) groups excluding carboxylic acids is 3. The summed E-state index contributed by atoms with van der Waals surface area (Å²) in [6.07, 6.45) is 0.921. The maximum atomic E-state index is 14.6. The van der Waals surface area contributed by atoms with Crippen molar-refractivity contribution in [1.82, 2.24) is 15.1 Å². The van der Waals surface area contributed by atoms with Gasteiger partial charge in [-0.15, -0.1) is 0 Å². The molecule has 340 valence electrons. The number of esters is 1. The van der Waals surface area contributed by atoms with E-state index in [-0.39, 0.29) is 67.0 Å². The second-order valence-electron chi connectivity index (χ2n) is 17.1. The molecule has 2 aliphatic carbocycles. The van der Waals surface area contributed by atoms with Gasteiger partial charge in [0.15, 0.2) is 41.2 Å². The summed E-state index contributed by atoms with van der Waals surface area (Å²) in [6, 6.07) is 16.5. The highest BCUT2D eigenvalue weighted by Gasteiger charge is 2.64. The molecular formula is C49H52N4O11S. The highest BCUT2D eigenvalue weighted by Crippen LogP contribution is 2.57. The number of alkyl carbamates (subject to hydrolysis) is 1. The molecule has 16 heteroatoms. The molecule has 6 aliphatic rings. The largest absolute Gasteiger partial charge is 0.493 e. The molecule has 4 aliphatic heterocycles. The van der Waals surface area contributed by atoms with Crippen molar-refractivity contribution in [2.45, 2.75) is 74.5 Å². The molecule has 7 atom stereocenters. The summed E-state index contributed by atoms with van der Waals surface area (Å²) in [7, 11) is 5.03. The van der Waals surface area contributed by atoms with Gasteiger partial charge < -0.3 is 43.6 Å². The average Bonchev–Trinajstić information content (AvgIpc) is 3.92. The minimum atomic E-state index is -2.14. The SMILES string of the molecule is C=CCOC(=O)N[C@H](CSCC1c2ccccc2-c2ccccc21)C(=O)OC[C@H]1C2=C3OCOC3=C(C)C(=O)C2(O)CC2[C@@H]3c4c(cc(C)c(OC)c4OCOC)C[C@H]([C@H](C#N)N21)N3C. The number of Topliss-reactive ketones (excluding diaryl/α,β-unsaturated/α-hetero) is 1. The van der Waals surface area contributed by atoms with E-state index in [2.05, 4.69) is 47.1 Å². The van der Waals surface area contributed by atoms with E-state index in [0.717, 1.165) is 16.7 Å². The molecule has 3 aromatic rings. The zero-order chi connectivity index (χ0) is 45.7. The summed E-state index contributed by atoms with van der Waals surface area (Å²) in [4.78, 5) is 46.2. The number of nitrogens with one attached hydrogen (secondary N) is 1. The third-order valence-electron chi connectivity index (χ3n) is 13.7. The van der Waals surface area contributed by atoms with E-state index in [4.69, 9.17) is 33.2 Å². The molecule has 9 rings (SSSR count). The Morgan fingerprint density at radius 1 is 1.06 bits per heavy atom. The number of fused-ring (bicyclic) bond motifs is 11. The Hall–Kier alpha value is -5.83. The van der Waals surface area contributed by atoms with E-state index >= 15 is 0 Å². The number of aryl methyl sites for hydroxylation is 1. The number of ketones is 1. The van der Waals surface area contributed by atoms with Crippen LogP contribution in [0.5, 0.6) is 11.5 Å². The minimum Gasteiger partial charge on any atom is -0.493 e. The van der Waals surface area contributed by atoms with Crippen molar-refractivity contribution in [2.75, 3.05) is 59.6 Å². The number of hydrogen-bond acceptors (Lipinski definition) is 15. The Balaban J connectivity index is 1.07. The lowest BCUT2D eigenvalue weighted by molar-refractivity contribution is -0.159. The fourth-order valence-corrected chi connectivity index (χ4v) is 12.2. The van der Waals surface area contributed by atoms with Gasteiger partial charge >= 0.3 is 12.1 Å². The minimum absolute atomic E-state index is 0.0549. The van der Waals surface area contributed by atoms with Crippen LogP contribution in [0, 0.1) is 18.3 Å². The number of benzene rings is 3. The van der Waals surface area contributed by atoms with Crippen LogP contribution in [0.2, 0.25) is 0 Å². The molecule has 2 bridgehead atoms. The maximum absolute atomic E-state index is 14.6. The van der Waals surface area contributed by atoms with Gasteiger partial charge in [0, 0.05) is 59.7 Å². The first kappa shape index (κ1) is 44.4. The van der Waals surface area contributed by atoms with E-state index in [9.17, 15) is 24.8 Å². The average molecular weight is 905 g/mol. The number of rotatable bonds is 14. The summed E-state index contributed by atoms with van der Waals surface area (Å²) >= 11 is 1.49. The number of ether oxygens (including phenoxy) is 7. The van der Waals surface area contributed by atoms with Crippen LogP contribution in [0.4, 0.5) is 4.79 Å². The molecule has 65 heavy (non-hydrogen) atoms. The Bertz CT molecular complexity index is 2510. The van der Waals surface area contributed by atoms with Crippen molar-refractivity contribution in [1.29, 1.82) is 5.26 Å². The second-order valence-corrected chi connectivity index (χ2v) is 18.2. The predicted octanol–water partition coefficient (Wildman–Crippen LogP) is 5.45. The summed E-state index contributed by atoms with van der Waals surface area (Å²) < 4.78 is 40.9. The smallest absolute Gasteiger partial charge is 0.408 e. The van der Waals surface area contributed by atoms with Gasteiger partial charge in [0.1, 0.15) is 25.3 Å². The van der Waals surface area contributed by atoms with Gasteiger partial charge in [-0.3, -0.25) is 14.6 Å². The van der Waals surface area contributed by atoms with Gasteiger partial charge in [0.25, 0.3) is 0 Å². The number of nitriles is 1. The number of carbonyl (C=O) groups is 3. The van der Waals surface area contributed by atoms with Gasteiger partial charge in [-0.05, 0) is 60.7 Å². The molecule has 3 aromatic carbocycles. The quantitative estimate of drug-likeness (QED) is 0.119. The van der Waals surface area contributed by atoms with Crippen molar-refractivity contribution in [3.05, 3.63) is 118 Å². The van der Waals surface area contributed by atoms with Crippen LogP contribution < -0.4 is 14.8 Å². The Labute approximate surface area is 381 Å². The van der Waals surface area contributed by atoms with Crippen molar-refractivity contribution in [2.24, 2.45) is 0 Å². The first-order valence-electron chi connectivity index (χ1n) is 21.6. The van der Waals surface area contributed by atoms with Crippen LogP contribution in [-0.2, 0) is 39.7 Å². The van der Waals surface area contributed by atoms with Crippen LogP contribution in [0.3, 0.4) is 0 Å². The van der Waals surface area contributed by atoms with E-state index in [0.29, 0.717) is 23.7 Å². The van der Waals surface area contributed by atoms with Crippen molar-refractivity contribution in [3.8, 4) is 28.7 Å². The number of piperazine rings is 1. The van der Waals surface area contributed by atoms with Crippen LogP contribution in [0.15, 0.2) is 89.9 Å². The molecule has 1 amide bonds. The van der Waals surface area contributed by atoms with E-state index in [1.54, 1.807) is 14.0 Å². The zero-order valence-electron chi connectivity index (χ0n) is 37.0.